The van der Waals surface area contributed by atoms with Crippen LogP contribution in [0.1, 0.15) is 12.3 Å². The average molecular weight is 160 g/mol. The molecule has 1 atom stereocenters. The minimum absolute atomic E-state index is 0.323. The lowest BCUT2D eigenvalue weighted by atomic mass is 10.7. The first-order valence-electron chi connectivity index (χ1n) is 2.64. The molecule has 0 bridgehead atoms. The molecule has 1 rings (SSSR count). The number of hydrogen-bond donors (Lipinski definition) is 1. The van der Waals surface area contributed by atoms with Crippen LogP contribution in [-0.4, -0.2) is 9.78 Å². The van der Waals surface area contributed by atoms with Crippen molar-refractivity contribution in [3.05, 3.63) is 18.5 Å². The van der Waals surface area contributed by atoms with Gasteiger partial charge in [-0.2, -0.15) is 5.10 Å². The Balaban J connectivity index is 2.65. The minimum Gasteiger partial charge on any atom is -0.259 e. The van der Waals surface area contributed by atoms with Gasteiger partial charge in [0, 0.05) is 12.4 Å². The largest absolute Gasteiger partial charge is 0.259 e. The summed E-state index contributed by atoms with van der Waals surface area (Å²) >= 11 is 4.06. The van der Waals surface area contributed by atoms with Crippen LogP contribution < -0.4 is 0 Å². The van der Waals surface area contributed by atoms with Gasteiger partial charge in [0.05, 0.1) is 0 Å². The molecule has 2 nitrogen and oxygen atoms in total. The fourth-order valence-electron chi connectivity index (χ4n) is 0.544. The second-order valence-electron chi connectivity index (χ2n) is 1.69. The van der Waals surface area contributed by atoms with E-state index in [0.717, 1.165) is 0 Å². The number of rotatable bonds is 2. The Hall–Kier alpha value is -0.0900. The summed E-state index contributed by atoms with van der Waals surface area (Å²) in [4.78, 5) is 0. The fourth-order valence-corrected chi connectivity index (χ4v) is 1.06. The zero-order valence-electron chi connectivity index (χ0n) is 5.06. The van der Waals surface area contributed by atoms with E-state index < -0.39 is 0 Å². The average Bonchev–Trinajstić information content (AvgIpc) is 2.37. The predicted octanol–water partition coefficient (Wildman–Crippen LogP) is 1.98. The smallest absolute Gasteiger partial charge is 0.104 e. The summed E-state index contributed by atoms with van der Waals surface area (Å²) in [6.07, 6.45) is 3.69. The van der Waals surface area contributed by atoms with Crippen LogP contribution in [0.5, 0.6) is 0 Å². The van der Waals surface area contributed by atoms with Gasteiger partial charge >= 0.3 is 0 Å². The Morgan fingerprint density at radius 3 is 3.00 bits per heavy atom. The van der Waals surface area contributed by atoms with Crippen molar-refractivity contribution in [2.75, 3.05) is 0 Å². The highest BCUT2D eigenvalue weighted by Crippen LogP contribution is 2.23. The molecule has 0 aromatic carbocycles. The van der Waals surface area contributed by atoms with E-state index in [4.69, 9.17) is 0 Å². The van der Waals surface area contributed by atoms with E-state index in [9.17, 15) is 0 Å². The van der Waals surface area contributed by atoms with Crippen LogP contribution >= 0.6 is 22.5 Å². The molecule has 1 unspecified atom stereocenters. The molecular formula is C5H8N2S2. The molecule has 0 aliphatic carbocycles. The Bertz CT molecular complexity index is 161. The molecule has 50 valence electrons. The summed E-state index contributed by atoms with van der Waals surface area (Å²) in [5.74, 6) is 0. The molecule has 4 heteroatoms. The van der Waals surface area contributed by atoms with Gasteiger partial charge in [0.2, 0.25) is 0 Å². The van der Waals surface area contributed by atoms with Crippen LogP contribution in [0.3, 0.4) is 0 Å². The van der Waals surface area contributed by atoms with Gasteiger partial charge in [-0.05, 0) is 13.0 Å². The standard InChI is InChI=1S/C5H8N2S2/c1-5(9-8)7-4-2-3-6-7/h2-5,8H,1H3. The van der Waals surface area contributed by atoms with Crippen molar-refractivity contribution >= 4 is 22.5 Å². The van der Waals surface area contributed by atoms with Crippen LogP contribution in [-0.2, 0) is 0 Å². The second kappa shape index (κ2) is 3.17. The van der Waals surface area contributed by atoms with E-state index in [2.05, 4.69) is 16.8 Å². The molecule has 9 heavy (non-hydrogen) atoms. The monoisotopic (exact) mass is 160 g/mol. The van der Waals surface area contributed by atoms with Crippen molar-refractivity contribution in [3.63, 3.8) is 0 Å². The fraction of sp³-hybridized carbons (Fsp3) is 0.400. The lowest BCUT2D eigenvalue weighted by Crippen LogP contribution is -1.98. The van der Waals surface area contributed by atoms with Crippen LogP contribution in [0.15, 0.2) is 18.5 Å². The predicted molar refractivity (Wildman–Crippen MR) is 43.5 cm³/mol. The SMILES string of the molecule is CC(SS)n1cccn1. The van der Waals surface area contributed by atoms with Crippen molar-refractivity contribution in [1.29, 1.82) is 0 Å². The van der Waals surface area contributed by atoms with E-state index in [1.165, 1.54) is 10.8 Å². The maximum Gasteiger partial charge on any atom is 0.104 e. The summed E-state index contributed by atoms with van der Waals surface area (Å²) in [6.45, 7) is 2.05. The van der Waals surface area contributed by atoms with Gasteiger partial charge < -0.3 is 0 Å². The quantitative estimate of drug-likeness (QED) is 0.526. The molecule has 0 radical (unpaired) electrons. The Morgan fingerprint density at radius 2 is 2.56 bits per heavy atom. The maximum absolute atomic E-state index is 4.06. The van der Waals surface area contributed by atoms with E-state index in [1.54, 1.807) is 6.20 Å². The van der Waals surface area contributed by atoms with Crippen molar-refractivity contribution < 1.29 is 0 Å². The summed E-state index contributed by atoms with van der Waals surface area (Å²) in [7, 11) is 1.48. The van der Waals surface area contributed by atoms with Gasteiger partial charge in [-0.1, -0.05) is 10.8 Å². The molecular weight excluding hydrogens is 152 g/mol. The van der Waals surface area contributed by atoms with E-state index in [0.29, 0.717) is 5.37 Å². The zero-order valence-corrected chi connectivity index (χ0v) is 6.77. The number of hydrogen-bond acceptors (Lipinski definition) is 3. The van der Waals surface area contributed by atoms with Crippen LogP contribution in [0, 0.1) is 0 Å². The normalized spacial score (nSPS) is 13.6. The van der Waals surface area contributed by atoms with E-state index >= 15 is 0 Å². The van der Waals surface area contributed by atoms with Crippen molar-refractivity contribution in [2.24, 2.45) is 0 Å². The molecule has 0 saturated heterocycles. The molecule has 0 amide bonds. The minimum atomic E-state index is 0.323. The van der Waals surface area contributed by atoms with Crippen molar-refractivity contribution in [2.45, 2.75) is 12.3 Å². The van der Waals surface area contributed by atoms with Gasteiger partial charge in [0.25, 0.3) is 0 Å². The van der Waals surface area contributed by atoms with Crippen molar-refractivity contribution in [1.82, 2.24) is 9.78 Å². The van der Waals surface area contributed by atoms with Gasteiger partial charge in [0.1, 0.15) is 5.37 Å². The van der Waals surface area contributed by atoms with Crippen LogP contribution in [0.2, 0.25) is 0 Å². The Kier molecular flexibility index (Phi) is 2.48. The molecule has 0 aliphatic heterocycles. The summed E-state index contributed by atoms with van der Waals surface area (Å²) in [5, 5.41) is 4.36. The molecule has 1 heterocycles. The first-order chi connectivity index (χ1) is 4.34. The highest BCUT2D eigenvalue weighted by atomic mass is 33.1. The van der Waals surface area contributed by atoms with Crippen molar-refractivity contribution in [3.8, 4) is 0 Å². The molecule has 0 aliphatic rings. The molecule has 0 fully saturated rings. The topological polar surface area (TPSA) is 17.8 Å². The molecule has 0 spiro atoms. The summed E-state index contributed by atoms with van der Waals surface area (Å²) < 4.78 is 1.86. The second-order valence-corrected chi connectivity index (χ2v) is 3.22. The maximum atomic E-state index is 4.06. The Labute approximate surface area is 63.4 Å². The van der Waals surface area contributed by atoms with Gasteiger partial charge in [0.15, 0.2) is 0 Å². The molecule has 0 saturated carbocycles. The lowest BCUT2D eigenvalue weighted by molar-refractivity contribution is 0.646. The zero-order chi connectivity index (χ0) is 6.69. The lowest BCUT2D eigenvalue weighted by Gasteiger charge is -2.05. The third-order valence-electron chi connectivity index (χ3n) is 1.05. The van der Waals surface area contributed by atoms with E-state index in [1.807, 2.05) is 23.9 Å². The van der Waals surface area contributed by atoms with Crippen LogP contribution in [0.4, 0.5) is 0 Å². The highest BCUT2D eigenvalue weighted by molar-refractivity contribution is 8.68. The highest BCUT2D eigenvalue weighted by Gasteiger charge is 1.99. The summed E-state index contributed by atoms with van der Waals surface area (Å²) in [5.41, 5.74) is 0. The van der Waals surface area contributed by atoms with Gasteiger partial charge in [-0.15, -0.1) is 11.7 Å². The molecule has 1 aromatic heterocycles. The molecule has 0 N–H and O–H groups in total. The molecule has 1 aromatic rings. The number of nitrogens with zero attached hydrogens (tertiary/aromatic N) is 2. The summed E-state index contributed by atoms with van der Waals surface area (Å²) in [6, 6.07) is 1.90. The van der Waals surface area contributed by atoms with Gasteiger partial charge in [-0.25, -0.2) is 0 Å². The van der Waals surface area contributed by atoms with E-state index in [-0.39, 0.29) is 0 Å². The Morgan fingerprint density at radius 1 is 1.78 bits per heavy atom. The van der Waals surface area contributed by atoms with Gasteiger partial charge in [-0.3, -0.25) is 4.68 Å². The first kappa shape index (κ1) is 7.02. The third kappa shape index (κ3) is 1.66. The third-order valence-corrected chi connectivity index (χ3v) is 2.49. The first-order valence-corrected chi connectivity index (χ1v) is 4.57. The number of thiol groups is 1. The number of aromatic nitrogens is 2. The van der Waals surface area contributed by atoms with Crippen LogP contribution in [0.25, 0.3) is 0 Å².